The second-order valence-corrected chi connectivity index (χ2v) is 6.38. The Bertz CT molecular complexity index is 866. The lowest BCUT2D eigenvalue weighted by molar-refractivity contribution is 0.102. The number of hydrogen-bond acceptors (Lipinski definition) is 4. The number of nitrogens with one attached hydrogen (secondary N) is 1. The van der Waals surface area contributed by atoms with Crippen LogP contribution in [0.4, 0.5) is 10.1 Å². The average molecular weight is 338 g/mol. The second-order valence-electron chi connectivity index (χ2n) is 4.82. The Morgan fingerprint density at radius 3 is 2.52 bits per heavy atom. The molecule has 23 heavy (non-hydrogen) atoms. The summed E-state index contributed by atoms with van der Waals surface area (Å²) in [4.78, 5) is 12.2. The third kappa shape index (κ3) is 3.85. The molecule has 0 radical (unpaired) electrons. The minimum atomic E-state index is -3.97. The quantitative estimate of drug-likeness (QED) is 0.891. The molecule has 6 nitrogen and oxygen atoms in total. The van der Waals surface area contributed by atoms with Crippen LogP contribution >= 0.6 is 0 Å². The fraction of sp³-hybridized carbons (Fsp3) is 0.133. The van der Waals surface area contributed by atoms with Gasteiger partial charge in [-0.15, -0.1) is 0 Å². The number of ether oxygens (including phenoxy) is 1. The monoisotopic (exact) mass is 338 g/mol. The number of aryl methyl sites for hydroxylation is 1. The highest BCUT2D eigenvalue weighted by molar-refractivity contribution is 7.89. The molecule has 122 valence electrons. The molecule has 0 heterocycles. The van der Waals surface area contributed by atoms with E-state index in [0.717, 1.165) is 6.07 Å². The molecule has 0 saturated heterocycles. The average Bonchev–Trinajstić information content (AvgIpc) is 2.49. The highest BCUT2D eigenvalue weighted by Gasteiger charge is 2.18. The van der Waals surface area contributed by atoms with Gasteiger partial charge in [-0.3, -0.25) is 4.79 Å². The van der Waals surface area contributed by atoms with Gasteiger partial charge < -0.3 is 10.1 Å². The van der Waals surface area contributed by atoms with Crippen molar-refractivity contribution in [2.24, 2.45) is 5.14 Å². The van der Waals surface area contributed by atoms with Gasteiger partial charge in [-0.25, -0.2) is 17.9 Å². The molecule has 0 saturated carbocycles. The fourth-order valence-corrected chi connectivity index (χ4v) is 2.50. The van der Waals surface area contributed by atoms with Crippen molar-refractivity contribution in [1.29, 1.82) is 0 Å². The van der Waals surface area contributed by atoms with Crippen LogP contribution in [0, 0.1) is 12.7 Å². The van der Waals surface area contributed by atoms with E-state index in [9.17, 15) is 17.6 Å². The van der Waals surface area contributed by atoms with Gasteiger partial charge in [0.1, 0.15) is 11.6 Å². The third-order valence-corrected chi connectivity index (χ3v) is 4.10. The maximum atomic E-state index is 13.3. The first-order chi connectivity index (χ1) is 10.7. The summed E-state index contributed by atoms with van der Waals surface area (Å²) in [5.41, 5.74) is 0.905. The molecule has 0 atom stereocenters. The lowest BCUT2D eigenvalue weighted by Crippen LogP contribution is -2.17. The van der Waals surface area contributed by atoms with E-state index in [0.29, 0.717) is 5.56 Å². The first kappa shape index (κ1) is 16.9. The largest absolute Gasteiger partial charge is 0.496 e. The highest BCUT2D eigenvalue weighted by atomic mass is 32.2. The number of carbonyl (C=O) groups is 1. The first-order valence-corrected chi connectivity index (χ1v) is 8.05. The molecule has 0 unspecified atom stereocenters. The van der Waals surface area contributed by atoms with Crippen LogP contribution in [0.2, 0.25) is 0 Å². The molecule has 2 rings (SSSR count). The highest BCUT2D eigenvalue weighted by Crippen LogP contribution is 2.24. The predicted octanol–water partition coefficient (Wildman–Crippen LogP) is 2.04. The van der Waals surface area contributed by atoms with Gasteiger partial charge in [0.05, 0.1) is 17.6 Å². The van der Waals surface area contributed by atoms with Crippen LogP contribution in [0.1, 0.15) is 15.9 Å². The van der Waals surface area contributed by atoms with E-state index >= 15 is 0 Å². The maximum Gasteiger partial charge on any atom is 0.259 e. The van der Waals surface area contributed by atoms with Crippen LogP contribution < -0.4 is 15.2 Å². The number of carbonyl (C=O) groups excluding carboxylic acids is 1. The van der Waals surface area contributed by atoms with E-state index in [2.05, 4.69) is 5.32 Å². The molecule has 3 N–H and O–H groups in total. The zero-order valence-corrected chi connectivity index (χ0v) is 13.3. The zero-order valence-electron chi connectivity index (χ0n) is 12.5. The summed E-state index contributed by atoms with van der Waals surface area (Å²) in [6.07, 6.45) is 0. The molecule has 1 amide bonds. The Labute approximate surface area is 133 Å². The summed E-state index contributed by atoms with van der Waals surface area (Å²) >= 11 is 0. The Hall–Kier alpha value is -2.45. The van der Waals surface area contributed by atoms with E-state index < -0.39 is 21.7 Å². The van der Waals surface area contributed by atoms with Gasteiger partial charge in [0.15, 0.2) is 0 Å². The normalized spacial score (nSPS) is 11.1. The Balaban J connectivity index is 2.43. The lowest BCUT2D eigenvalue weighted by atomic mass is 10.1. The molecule has 2 aromatic rings. The van der Waals surface area contributed by atoms with Crippen LogP contribution in [0.25, 0.3) is 0 Å². The number of benzene rings is 2. The SMILES string of the molecule is COc1ccc(S(N)(=O)=O)cc1C(=O)Nc1cc(F)ccc1C. The zero-order chi connectivity index (χ0) is 17.2. The Morgan fingerprint density at radius 1 is 1.22 bits per heavy atom. The summed E-state index contributed by atoms with van der Waals surface area (Å²) in [5, 5.41) is 7.59. The number of anilines is 1. The van der Waals surface area contributed by atoms with E-state index in [1.54, 1.807) is 6.92 Å². The van der Waals surface area contributed by atoms with Gasteiger partial charge in [0, 0.05) is 5.69 Å². The molecule has 0 aliphatic carbocycles. The summed E-state index contributed by atoms with van der Waals surface area (Å²) in [6.45, 7) is 1.70. The van der Waals surface area contributed by atoms with Gasteiger partial charge in [0.2, 0.25) is 10.0 Å². The number of halogens is 1. The topological polar surface area (TPSA) is 98.5 Å². The summed E-state index contributed by atoms with van der Waals surface area (Å²) in [5.74, 6) is -0.971. The van der Waals surface area contributed by atoms with Crippen LogP contribution in [0.3, 0.4) is 0 Å². The van der Waals surface area contributed by atoms with Gasteiger partial charge in [-0.1, -0.05) is 6.07 Å². The molecule has 0 aromatic heterocycles. The van der Waals surface area contributed by atoms with Crippen molar-refractivity contribution in [1.82, 2.24) is 0 Å². The first-order valence-electron chi connectivity index (χ1n) is 6.50. The standard InChI is InChI=1S/C15H15FN2O4S/c1-9-3-4-10(16)7-13(9)18-15(19)12-8-11(23(17,20)21)5-6-14(12)22-2/h3-8H,1-2H3,(H,18,19)(H2,17,20,21). The minimum Gasteiger partial charge on any atom is -0.496 e. The maximum absolute atomic E-state index is 13.3. The third-order valence-electron chi connectivity index (χ3n) is 3.19. The summed E-state index contributed by atoms with van der Waals surface area (Å²) in [7, 11) is -2.62. The number of nitrogens with two attached hydrogens (primary N) is 1. The van der Waals surface area contributed by atoms with Crippen molar-refractivity contribution in [2.75, 3.05) is 12.4 Å². The van der Waals surface area contributed by atoms with E-state index in [4.69, 9.17) is 9.88 Å². The van der Waals surface area contributed by atoms with Crippen molar-refractivity contribution in [3.05, 3.63) is 53.3 Å². The molecular weight excluding hydrogens is 323 g/mol. The molecule has 0 fully saturated rings. The lowest BCUT2D eigenvalue weighted by Gasteiger charge is -2.12. The van der Waals surface area contributed by atoms with Gasteiger partial charge in [0.25, 0.3) is 5.91 Å². The van der Waals surface area contributed by atoms with Crippen molar-refractivity contribution < 1.29 is 22.3 Å². The summed E-state index contributed by atoms with van der Waals surface area (Å²) in [6, 6.07) is 7.63. The number of sulfonamides is 1. The van der Waals surface area contributed by atoms with Gasteiger partial charge in [-0.2, -0.15) is 0 Å². The second kappa shape index (κ2) is 6.35. The van der Waals surface area contributed by atoms with Crippen LogP contribution in [0.5, 0.6) is 5.75 Å². The minimum absolute atomic E-state index is 0.0253. The van der Waals surface area contributed by atoms with E-state index in [-0.39, 0.29) is 21.9 Å². The van der Waals surface area contributed by atoms with Crippen molar-refractivity contribution in [3.8, 4) is 5.75 Å². The Morgan fingerprint density at radius 2 is 1.91 bits per heavy atom. The van der Waals surface area contributed by atoms with E-state index in [1.165, 1.54) is 37.4 Å². The number of amides is 1. The van der Waals surface area contributed by atoms with Crippen LogP contribution in [-0.4, -0.2) is 21.4 Å². The van der Waals surface area contributed by atoms with Crippen molar-refractivity contribution >= 4 is 21.6 Å². The van der Waals surface area contributed by atoms with Crippen molar-refractivity contribution in [2.45, 2.75) is 11.8 Å². The molecule has 0 spiro atoms. The number of methoxy groups -OCH3 is 1. The van der Waals surface area contributed by atoms with Crippen molar-refractivity contribution in [3.63, 3.8) is 0 Å². The van der Waals surface area contributed by atoms with E-state index in [1.807, 2.05) is 0 Å². The fourth-order valence-electron chi connectivity index (χ4n) is 1.96. The molecule has 2 aromatic carbocycles. The molecule has 0 aliphatic rings. The number of rotatable bonds is 4. The Kier molecular flexibility index (Phi) is 4.67. The molecule has 0 aliphatic heterocycles. The summed E-state index contributed by atoms with van der Waals surface area (Å²) < 4.78 is 41.2. The number of primary sulfonamides is 1. The number of hydrogen-bond donors (Lipinski definition) is 2. The van der Waals surface area contributed by atoms with Crippen LogP contribution in [-0.2, 0) is 10.0 Å². The van der Waals surface area contributed by atoms with Gasteiger partial charge >= 0.3 is 0 Å². The molecular formula is C15H15FN2O4S. The van der Waals surface area contributed by atoms with Gasteiger partial charge in [-0.05, 0) is 42.8 Å². The smallest absolute Gasteiger partial charge is 0.259 e. The van der Waals surface area contributed by atoms with Crippen LogP contribution in [0.15, 0.2) is 41.3 Å². The molecule has 8 heteroatoms. The predicted molar refractivity (Wildman–Crippen MR) is 83.5 cm³/mol. The molecule has 0 bridgehead atoms.